The van der Waals surface area contributed by atoms with Crippen molar-refractivity contribution in [2.45, 2.75) is 45.6 Å². The number of carbonyl (C=O) groups is 1. The van der Waals surface area contributed by atoms with E-state index in [4.69, 9.17) is 5.73 Å². The first-order valence-corrected chi connectivity index (χ1v) is 6.85. The van der Waals surface area contributed by atoms with Gasteiger partial charge in [0.2, 0.25) is 5.91 Å². The van der Waals surface area contributed by atoms with Crippen molar-refractivity contribution >= 4 is 5.91 Å². The Bertz CT molecular complexity index is 225. The molecule has 0 unspecified atom stereocenters. The van der Waals surface area contributed by atoms with Crippen LogP contribution in [0, 0.1) is 5.92 Å². The lowest BCUT2D eigenvalue weighted by atomic mass is 10.0. The molecular weight excluding hydrogens is 214 g/mol. The molecule has 1 heterocycles. The zero-order chi connectivity index (χ0) is 12.7. The maximum atomic E-state index is 11.6. The number of nitrogens with zero attached hydrogens (tertiary/aromatic N) is 1. The van der Waals surface area contributed by atoms with Gasteiger partial charge in [-0.1, -0.05) is 13.8 Å². The van der Waals surface area contributed by atoms with Gasteiger partial charge in [-0.05, 0) is 51.2 Å². The van der Waals surface area contributed by atoms with Gasteiger partial charge in [-0.3, -0.25) is 4.79 Å². The van der Waals surface area contributed by atoms with Crippen LogP contribution in [0.2, 0.25) is 0 Å². The highest BCUT2D eigenvalue weighted by Gasteiger charge is 2.14. The topological polar surface area (TPSA) is 58.4 Å². The number of amides is 1. The fourth-order valence-electron chi connectivity index (χ4n) is 2.27. The Morgan fingerprint density at radius 3 is 2.59 bits per heavy atom. The van der Waals surface area contributed by atoms with Crippen molar-refractivity contribution < 1.29 is 4.79 Å². The molecule has 1 fully saturated rings. The van der Waals surface area contributed by atoms with E-state index < -0.39 is 0 Å². The van der Waals surface area contributed by atoms with E-state index in [2.05, 4.69) is 24.1 Å². The molecule has 0 aromatic heterocycles. The minimum absolute atomic E-state index is 0.000113. The van der Waals surface area contributed by atoms with Crippen molar-refractivity contribution in [2.24, 2.45) is 11.7 Å². The van der Waals surface area contributed by atoms with E-state index in [9.17, 15) is 4.79 Å². The average Bonchev–Trinajstić information content (AvgIpc) is 2.75. The molecular formula is C13H27N3O. The second-order valence-corrected chi connectivity index (χ2v) is 5.43. The molecule has 4 heteroatoms. The van der Waals surface area contributed by atoms with Gasteiger partial charge in [0.25, 0.3) is 0 Å². The van der Waals surface area contributed by atoms with Crippen LogP contribution in [0.4, 0.5) is 0 Å². The van der Waals surface area contributed by atoms with Crippen LogP contribution in [-0.4, -0.2) is 43.0 Å². The number of hydrogen-bond acceptors (Lipinski definition) is 3. The number of carbonyl (C=O) groups excluding carboxylic acids is 1. The lowest BCUT2D eigenvalue weighted by molar-refractivity contribution is -0.122. The summed E-state index contributed by atoms with van der Waals surface area (Å²) in [7, 11) is 0. The zero-order valence-corrected chi connectivity index (χ0v) is 11.2. The van der Waals surface area contributed by atoms with Crippen molar-refractivity contribution in [3.63, 3.8) is 0 Å². The van der Waals surface area contributed by atoms with Gasteiger partial charge >= 0.3 is 0 Å². The predicted molar refractivity (Wildman–Crippen MR) is 70.7 cm³/mol. The van der Waals surface area contributed by atoms with Gasteiger partial charge in [0, 0.05) is 6.54 Å². The summed E-state index contributed by atoms with van der Waals surface area (Å²) in [6.45, 7) is 8.46. The van der Waals surface area contributed by atoms with Crippen LogP contribution in [0.1, 0.15) is 39.5 Å². The first kappa shape index (κ1) is 14.5. The largest absolute Gasteiger partial charge is 0.355 e. The van der Waals surface area contributed by atoms with E-state index in [0.29, 0.717) is 5.92 Å². The summed E-state index contributed by atoms with van der Waals surface area (Å²) in [4.78, 5) is 14.1. The third kappa shape index (κ3) is 6.03. The van der Waals surface area contributed by atoms with Crippen molar-refractivity contribution in [1.29, 1.82) is 0 Å². The SMILES string of the molecule is CC(C)C[C@@H](N)C(=O)NCCCN1CCCC1. The molecule has 1 aliphatic rings. The number of rotatable bonds is 7. The minimum Gasteiger partial charge on any atom is -0.355 e. The van der Waals surface area contributed by atoms with E-state index >= 15 is 0 Å². The normalized spacial score (nSPS) is 18.6. The van der Waals surface area contributed by atoms with E-state index in [0.717, 1.165) is 25.9 Å². The molecule has 1 amide bonds. The van der Waals surface area contributed by atoms with Gasteiger partial charge in [0.15, 0.2) is 0 Å². The summed E-state index contributed by atoms with van der Waals surface area (Å²) in [6.07, 6.45) is 4.44. The Labute approximate surface area is 105 Å². The van der Waals surface area contributed by atoms with Crippen LogP contribution in [0.3, 0.4) is 0 Å². The van der Waals surface area contributed by atoms with Crippen molar-refractivity contribution in [3.8, 4) is 0 Å². The summed E-state index contributed by atoms with van der Waals surface area (Å²) in [5.74, 6) is 0.473. The van der Waals surface area contributed by atoms with E-state index in [1.807, 2.05) is 0 Å². The second-order valence-electron chi connectivity index (χ2n) is 5.43. The standard InChI is InChI=1S/C13H27N3O/c1-11(2)10-12(14)13(17)15-6-5-9-16-7-3-4-8-16/h11-12H,3-10,14H2,1-2H3,(H,15,17)/t12-/m1/s1. The van der Waals surface area contributed by atoms with Gasteiger partial charge < -0.3 is 16.0 Å². The molecule has 1 atom stereocenters. The van der Waals surface area contributed by atoms with Gasteiger partial charge in [0.1, 0.15) is 0 Å². The van der Waals surface area contributed by atoms with Gasteiger partial charge in [0.05, 0.1) is 6.04 Å². The van der Waals surface area contributed by atoms with Crippen LogP contribution in [0.15, 0.2) is 0 Å². The summed E-state index contributed by atoms with van der Waals surface area (Å²) in [5, 5.41) is 2.92. The van der Waals surface area contributed by atoms with Crippen LogP contribution >= 0.6 is 0 Å². The monoisotopic (exact) mass is 241 g/mol. The molecule has 0 radical (unpaired) electrons. The molecule has 100 valence electrons. The first-order chi connectivity index (χ1) is 8.09. The fourth-order valence-corrected chi connectivity index (χ4v) is 2.27. The lowest BCUT2D eigenvalue weighted by Crippen LogP contribution is -2.42. The van der Waals surface area contributed by atoms with Crippen LogP contribution in [-0.2, 0) is 4.79 Å². The summed E-state index contributed by atoms with van der Waals surface area (Å²) < 4.78 is 0. The number of likely N-dealkylation sites (tertiary alicyclic amines) is 1. The molecule has 0 bridgehead atoms. The number of hydrogen-bond donors (Lipinski definition) is 2. The molecule has 4 nitrogen and oxygen atoms in total. The maximum absolute atomic E-state index is 11.6. The summed E-state index contributed by atoms with van der Waals surface area (Å²) in [6, 6.07) is -0.346. The van der Waals surface area contributed by atoms with Crippen LogP contribution in [0.5, 0.6) is 0 Å². The van der Waals surface area contributed by atoms with Crippen LogP contribution < -0.4 is 11.1 Å². The third-order valence-corrected chi connectivity index (χ3v) is 3.21. The highest BCUT2D eigenvalue weighted by atomic mass is 16.2. The van der Waals surface area contributed by atoms with Crippen molar-refractivity contribution in [1.82, 2.24) is 10.2 Å². The summed E-state index contributed by atoms with van der Waals surface area (Å²) >= 11 is 0. The predicted octanol–water partition coefficient (Wildman–Crippen LogP) is 0.962. The molecule has 0 aromatic carbocycles. The lowest BCUT2D eigenvalue weighted by Gasteiger charge is -2.16. The molecule has 0 spiro atoms. The Balaban J connectivity index is 2.02. The molecule has 0 saturated carbocycles. The van der Waals surface area contributed by atoms with Gasteiger partial charge in [-0.15, -0.1) is 0 Å². The van der Waals surface area contributed by atoms with E-state index in [1.165, 1.54) is 25.9 Å². The van der Waals surface area contributed by atoms with Gasteiger partial charge in [-0.2, -0.15) is 0 Å². The quantitative estimate of drug-likeness (QED) is 0.653. The summed E-state index contributed by atoms with van der Waals surface area (Å²) in [5.41, 5.74) is 5.80. The van der Waals surface area contributed by atoms with E-state index in [1.54, 1.807) is 0 Å². The highest BCUT2D eigenvalue weighted by Crippen LogP contribution is 2.07. The zero-order valence-electron chi connectivity index (χ0n) is 11.2. The Morgan fingerprint density at radius 2 is 2.00 bits per heavy atom. The van der Waals surface area contributed by atoms with Crippen molar-refractivity contribution in [2.75, 3.05) is 26.2 Å². The third-order valence-electron chi connectivity index (χ3n) is 3.21. The number of nitrogens with two attached hydrogens (primary N) is 1. The molecule has 0 aliphatic carbocycles. The Morgan fingerprint density at radius 1 is 1.35 bits per heavy atom. The van der Waals surface area contributed by atoms with Crippen LogP contribution in [0.25, 0.3) is 0 Å². The fraction of sp³-hybridized carbons (Fsp3) is 0.923. The number of nitrogens with one attached hydrogen (secondary N) is 1. The Kier molecular flexibility index (Phi) is 6.52. The molecule has 3 N–H and O–H groups in total. The Hall–Kier alpha value is -0.610. The maximum Gasteiger partial charge on any atom is 0.236 e. The highest BCUT2D eigenvalue weighted by molar-refractivity contribution is 5.81. The molecule has 1 aliphatic heterocycles. The average molecular weight is 241 g/mol. The van der Waals surface area contributed by atoms with Gasteiger partial charge in [-0.25, -0.2) is 0 Å². The first-order valence-electron chi connectivity index (χ1n) is 6.85. The molecule has 17 heavy (non-hydrogen) atoms. The molecule has 0 aromatic rings. The smallest absolute Gasteiger partial charge is 0.236 e. The van der Waals surface area contributed by atoms with Crippen molar-refractivity contribution in [3.05, 3.63) is 0 Å². The van der Waals surface area contributed by atoms with E-state index in [-0.39, 0.29) is 11.9 Å². The molecule has 1 saturated heterocycles. The second kappa shape index (κ2) is 7.67. The molecule has 1 rings (SSSR count). The minimum atomic E-state index is -0.346.